The molecule has 0 heterocycles. The van der Waals surface area contributed by atoms with Crippen LogP contribution in [0.1, 0.15) is 69.9 Å². The fourth-order valence-corrected chi connectivity index (χ4v) is 9.30. The van der Waals surface area contributed by atoms with E-state index >= 15 is 0 Å². The van der Waals surface area contributed by atoms with Crippen LogP contribution >= 0.6 is 24.4 Å². The number of benzene rings is 4. The lowest BCUT2D eigenvalue weighted by Gasteiger charge is -2.13. The number of carbonyl (C=O) groups excluding carboxylic acids is 2. The van der Waals surface area contributed by atoms with Gasteiger partial charge in [-0.25, -0.2) is 16.8 Å². The van der Waals surface area contributed by atoms with Gasteiger partial charge in [-0.1, -0.05) is 87.4 Å². The number of thiocarbonyl (C=S) groups is 2. The van der Waals surface area contributed by atoms with Gasteiger partial charge in [0.15, 0.2) is 29.9 Å². The van der Waals surface area contributed by atoms with Crippen molar-refractivity contribution in [3.05, 3.63) is 120 Å². The van der Waals surface area contributed by atoms with E-state index in [-0.39, 0.29) is 55.2 Å². The van der Waals surface area contributed by atoms with Crippen LogP contribution in [0.15, 0.2) is 119 Å². The number of carbonyl (C=O) groups is 2. The molecule has 14 heteroatoms. The number of hydrogen-bond acceptors (Lipinski definition) is 8. The molecule has 304 valence electrons. The molecule has 0 saturated heterocycles. The summed E-state index contributed by atoms with van der Waals surface area (Å²) in [5.41, 5.74) is 3.53. The van der Waals surface area contributed by atoms with Crippen molar-refractivity contribution in [3.63, 3.8) is 0 Å². The van der Waals surface area contributed by atoms with Gasteiger partial charge in [0.25, 0.3) is 0 Å². The van der Waals surface area contributed by atoms with E-state index in [0.717, 1.165) is 49.7 Å². The molecule has 1 aliphatic carbocycles. The summed E-state index contributed by atoms with van der Waals surface area (Å²) in [4.78, 5) is 24.4. The van der Waals surface area contributed by atoms with E-state index < -0.39 is 19.7 Å². The van der Waals surface area contributed by atoms with Crippen LogP contribution in [-0.2, 0) is 42.1 Å². The van der Waals surface area contributed by atoms with Crippen molar-refractivity contribution in [1.29, 1.82) is 0 Å². The summed E-state index contributed by atoms with van der Waals surface area (Å²) in [6.07, 6.45) is 6.97. The van der Waals surface area contributed by atoms with Gasteiger partial charge in [0.05, 0.1) is 21.3 Å². The summed E-state index contributed by atoms with van der Waals surface area (Å²) in [7, 11) is -6.67. The highest BCUT2D eigenvalue weighted by Crippen LogP contribution is 2.25. The first-order valence-corrected chi connectivity index (χ1v) is 23.3. The Morgan fingerprint density at radius 3 is 1.42 bits per heavy atom. The smallest absolute Gasteiger partial charge is 0.229 e. The number of sulfone groups is 2. The molecule has 4 aromatic carbocycles. The lowest BCUT2D eigenvalue weighted by molar-refractivity contribution is -0.123. The zero-order chi connectivity index (χ0) is 41.3. The molecule has 4 aromatic rings. The van der Waals surface area contributed by atoms with Crippen LogP contribution in [0.2, 0.25) is 0 Å². The largest absolute Gasteiger partial charge is 0.332 e. The molecule has 57 heavy (non-hydrogen) atoms. The predicted molar refractivity (Wildman–Crippen MR) is 237 cm³/mol. The van der Waals surface area contributed by atoms with Gasteiger partial charge >= 0.3 is 0 Å². The second-order valence-corrected chi connectivity index (χ2v) is 19.4. The van der Waals surface area contributed by atoms with Crippen LogP contribution in [0.5, 0.6) is 0 Å². The van der Waals surface area contributed by atoms with Gasteiger partial charge in [-0.15, -0.1) is 0 Å². The Hall–Kier alpha value is -4.50. The third-order valence-corrected chi connectivity index (χ3v) is 13.2. The number of nitrogens with one attached hydrogen (secondary N) is 4. The second kappa shape index (κ2) is 22.4. The van der Waals surface area contributed by atoms with Crippen LogP contribution < -0.4 is 21.3 Å². The monoisotopic (exact) mass is 848 g/mol. The molecule has 1 saturated carbocycles. The lowest BCUT2D eigenvalue weighted by Crippen LogP contribution is -2.37. The van der Waals surface area contributed by atoms with E-state index in [0.29, 0.717) is 30.6 Å². The normalized spacial score (nSPS) is 12.9. The average Bonchev–Trinajstić information content (AvgIpc) is 3.72. The van der Waals surface area contributed by atoms with Crippen LogP contribution in [0.25, 0.3) is 0 Å². The minimum atomic E-state index is -3.34. The Balaban J connectivity index is 0.000000253. The lowest BCUT2D eigenvalue weighted by atomic mass is 10.1. The number of amides is 2. The van der Waals surface area contributed by atoms with Crippen molar-refractivity contribution < 1.29 is 26.4 Å². The van der Waals surface area contributed by atoms with Crippen LogP contribution in [0.3, 0.4) is 0 Å². The number of aryl methyl sites for hydroxylation is 2. The summed E-state index contributed by atoms with van der Waals surface area (Å²) >= 11 is 10.3. The zero-order valence-electron chi connectivity index (χ0n) is 32.4. The molecule has 0 aromatic heterocycles. The van der Waals surface area contributed by atoms with Gasteiger partial charge < -0.3 is 21.3 Å². The third kappa shape index (κ3) is 16.1. The topological polar surface area (TPSA) is 151 Å². The minimum Gasteiger partial charge on any atom is -0.332 e. The minimum absolute atomic E-state index is 0.0400. The maximum atomic E-state index is 12.5. The Morgan fingerprint density at radius 2 is 1.02 bits per heavy atom. The van der Waals surface area contributed by atoms with Crippen molar-refractivity contribution in [2.75, 3.05) is 22.1 Å². The summed E-state index contributed by atoms with van der Waals surface area (Å²) in [6, 6.07) is 32.6. The molecule has 4 N–H and O–H groups in total. The van der Waals surface area contributed by atoms with Crippen LogP contribution in [-0.4, -0.2) is 50.4 Å². The van der Waals surface area contributed by atoms with Gasteiger partial charge in [-0.2, -0.15) is 0 Å². The molecule has 0 spiro atoms. The molecule has 0 aliphatic heterocycles. The van der Waals surface area contributed by atoms with Gasteiger partial charge in [-0.3, -0.25) is 9.59 Å². The van der Waals surface area contributed by atoms with E-state index in [1.807, 2.05) is 74.5 Å². The van der Waals surface area contributed by atoms with Crippen molar-refractivity contribution in [2.45, 2.75) is 81.4 Å². The molecule has 0 bridgehead atoms. The first-order valence-electron chi connectivity index (χ1n) is 19.2. The van der Waals surface area contributed by atoms with E-state index in [1.54, 1.807) is 48.5 Å². The van der Waals surface area contributed by atoms with Gasteiger partial charge in [0, 0.05) is 23.7 Å². The molecule has 0 atom stereocenters. The Kier molecular flexibility index (Phi) is 17.8. The van der Waals surface area contributed by atoms with E-state index in [9.17, 15) is 26.4 Å². The highest BCUT2D eigenvalue weighted by atomic mass is 32.2. The quantitative estimate of drug-likeness (QED) is 0.0866. The van der Waals surface area contributed by atoms with Crippen molar-refractivity contribution in [3.8, 4) is 0 Å². The Morgan fingerprint density at radius 1 is 0.614 bits per heavy atom. The molecule has 2 amide bonds. The SMILES string of the molecule is CC(C)CC(=O)NC(=S)Nc1ccc(S(=O)(=O)CCCc2ccccc2)cc1.O=C(NC(=S)Nc1ccc(S(=O)(=O)CCCc2ccccc2)cc1)C1CCCC1. The standard InChI is InChI=1S/C22H26N2O3S2.C21H26N2O3S2/c25-21(18-10-4-5-11-18)24-22(28)23-19-12-14-20(15-13-19)29(26,27)16-6-9-17-7-2-1-3-8-17;1-16(2)15-20(24)23-21(27)22-18-10-12-19(13-11-18)28(25,26)14-6-9-17-7-4-3-5-8-17/h1-3,7-8,12-15,18H,4-6,9-11,16H2,(H2,23,24,25,28);3-5,7-8,10-13,16H,6,9,14-15H2,1-2H3,(H2,22,23,24,27). The second-order valence-electron chi connectivity index (χ2n) is 14.4. The summed E-state index contributed by atoms with van der Waals surface area (Å²) < 4.78 is 50.1. The molecule has 0 radical (unpaired) electrons. The van der Waals surface area contributed by atoms with Gasteiger partial charge in [0.1, 0.15) is 0 Å². The maximum absolute atomic E-state index is 12.5. The van der Waals surface area contributed by atoms with Crippen LogP contribution in [0, 0.1) is 11.8 Å². The molecule has 5 rings (SSSR count). The summed E-state index contributed by atoms with van der Waals surface area (Å²) in [5.74, 6) is 0.290. The third-order valence-electron chi connectivity index (χ3n) is 9.19. The van der Waals surface area contributed by atoms with E-state index in [4.69, 9.17) is 24.4 Å². The first-order chi connectivity index (χ1) is 27.2. The molecule has 1 fully saturated rings. The average molecular weight is 849 g/mol. The highest BCUT2D eigenvalue weighted by Gasteiger charge is 2.23. The van der Waals surface area contributed by atoms with Gasteiger partial charge in [0.2, 0.25) is 11.8 Å². The van der Waals surface area contributed by atoms with Crippen molar-refractivity contribution in [1.82, 2.24) is 10.6 Å². The van der Waals surface area contributed by atoms with E-state index in [2.05, 4.69) is 21.3 Å². The molecule has 10 nitrogen and oxygen atoms in total. The highest BCUT2D eigenvalue weighted by molar-refractivity contribution is 7.91. The fourth-order valence-electron chi connectivity index (χ4n) is 6.22. The predicted octanol–water partition coefficient (Wildman–Crippen LogP) is 8.05. The first kappa shape index (κ1) is 45.2. The van der Waals surface area contributed by atoms with Crippen molar-refractivity contribution >= 4 is 77.5 Å². The summed E-state index contributed by atoms with van der Waals surface area (Å²) in [6.45, 7) is 3.91. The number of hydrogen-bond donors (Lipinski definition) is 4. The molecule has 1 aliphatic rings. The van der Waals surface area contributed by atoms with Crippen molar-refractivity contribution in [2.24, 2.45) is 11.8 Å². The molecular weight excluding hydrogens is 797 g/mol. The maximum Gasteiger partial charge on any atom is 0.229 e. The Labute approximate surface area is 348 Å². The van der Waals surface area contributed by atoms with Gasteiger partial charge in [-0.05, 0) is 129 Å². The number of rotatable bonds is 15. The van der Waals surface area contributed by atoms with Crippen LogP contribution in [0.4, 0.5) is 11.4 Å². The summed E-state index contributed by atoms with van der Waals surface area (Å²) in [5, 5.41) is 11.6. The Bertz CT molecular complexity index is 2140. The number of anilines is 2. The fraction of sp³-hybridized carbons (Fsp3) is 0.349. The van der Waals surface area contributed by atoms with E-state index in [1.165, 1.54) is 0 Å². The zero-order valence-corrected chi connectivity index (χ0v) is 35.7. The molecule has 0 unspecified atom stereocenters. The molecular formula is C43H52N4O6S4.